The molecule has 1 saturated carbocycles. The zero-order valence-electron chi connectivity index (χ0n) is 17.9. The lowest BCUT2D eigenvalue weighted by molar-refractivity contribution is 0.0954. The van der Waals surface area contributed by atoms with Crippen LogP contribution in [0.25, 0.3) is 5.70 Å². The maximum absolute atomic E-state index is 12.5. The van der Waals surface area contributed by atoms with Crippen molar-refractivity contribution < 1.29 is 4.79 Å². The molecule has 1 aliphatic heterocycles. The van der Waals surface area contributed by atoms with E-state index in [9.17, 15) is 4.79 Å². The predicted molar refractivity (Wildman–Crippen MR) is 121 cm³/mol. The molecule has 0 unspecified atom stereocenters. The Balaban J connectivity index is 1.54. The van der Waals surface area contributed by atoms with Crippen molar-refractivity contribution in [3.63, 3.8) is 0 Å². The van der Waals surface area contributed by atoms with E-state index in [0.29, 0.717) is 16.8 Å². The van der Waals surface area contributed by atoms with Crippen LogP contribution < -0.4 is 16.0 Å². The molecule has 0 saturated heterocycles. The molecule has 0 bridgehead atoms. The normalized spacial score (nSPS) is 16.9. The van der Waals surface area contributed by atoms with E-state index in [-0.39, 0.29) is 5.91 Å². The van der Waals surface area contributed by atoms with Crippen molar-refractivity contribution in [2.75, 3.05) is 19.6 Å². The number of H-pyrrole nitrogens is 1. The summed E-state index contributed by atoms with van der Waals surface area (Å²) >= 11 is 1.26. The van der Waals surface area contributed by atoms with Crippen LogP contribution in [0.5, 0.6) is 0 Å². The van der Waals surface area contributed by atoms with E-state index in [4.69, 9.17) is 0 Å². The highest BCUT2D eigenvalue weighted by atomic mass is 32.1. The highest BCUT2D eigenvalue weighted by molar-refractivity contribution is 7.08. The average molecular weight is 426 g/mol. The summed E-state index contributed by atoms with van der Waals surface area (Å²) in [6.07, 6.45) is 13.1. The van der Waals surface area contributed by atoms with Crippen LogP contribution >= 0.6 is 11.5 Å². The number of nitrogens with zero attached hydrogens (tertiary/aromatic N) is 3. The fourth-order valence-electron chi connectivity index (χ4n) is 4.36. The van der Waals surface area contributed by atoms with Crippen LogP contribution in [0.3, 0.4) is 0 Å². The van der Waals surface area contributed by atoms with Crippen LogP contribution in [0, 0.1) is 12.3 Å². The van der Waals surface area contributed by atoms with Gasteiger partial charge in [-0.25, -0.2) is 4.99 Å². The van der Waals surface area contributed by atoms with Gasteiger partial charge in [0.2, 0.25) is 0 Å². The number of hydrogen-bond acceptors (Lipinski definition) is 5. The summed E-state index contributed by atoms with van der Waals surface area (Å²) in [5, 5.41) is 4.29. The highest BCUT2D eigenvalue weighted by Gasteiger charge is 2.43. The summed E-state index contributed by atoms with van der Waals surface area (Å²) in [6, 6.07) is 3.99. The number of aromatic amines is 1. The van der Waals surface area contributed by atoms with Crippen molar-refractivity contribution in [3.8, 4) is 0 Å². The van der Waals surface area contributed by atoms with E-state index in [1.54, 1.807) is 0 Å². The van der Waals surface area contributed by atoms with E-state index in [1.807, 2.05) is 25.4 Å². The monoisotopic (exact) mass is 425 g/mol. The molecule has 0 atom stereocenters. The van der Waals surface area contributed by atoms with E-state index in [0.717, 1.165) is 37.1 Å². The molecule has 2 N–H and O–H groups in total. The molecular formula is C23H31N5OS. The van der Waals surface area contributed by atoms with Crippen LogP contribution in [0.15, 0.2) is 35.6 Å². The van der Waals surface area contributed by atoms with Crippen molar-refractivity contribution in [1.82, 2.24) is 19.6 Å². The van der Waals surface area contributed by atoms with E-state index in [2.05, 4.69) is 43.6 Å². The fourth-order valence-corrected chi connectivity index (χ4v) is 5.03. The molecule has 1 amide bonds. The molecule has 2 aromatic heterocycles. The standard InChI is InChI=1S/C23H31N5OS/c1-3-8-23(9-10-23)16-28(14-13-26-22(29)20-15-17(2)27-30-20)19-6-4-5-11-24-21-18(19)7-12-25-21/h5,7,11-12,15H,3-4,6,8-10,13-14,16H2,1-2H3,(H,24,25)(H,26,29). The molecular weight excluding hydrogens is 394 g/mol. The first-order valence-corrected chi connectivity index (χ1v) is 11.7. The minimum absolute atomic E-state index is 0.0295. The summed E-state index contributed by atoms with van der Waals surface area (Å²) in [7, 11) is 0. The van der Waals surface area contributed by atoms with Crippen molar-refractivity contribution in [1.29, 1.82) is 0 Å². The Kier molecular flexibility index (Phi) is 6.37. The minimum atomic E-state index is -0.0295. The van der Waals surface area contributed by atoms with Crippen LogP contribution in [-0.2, 0) is 0 Å². The summed E-state index contributed by atoms with van der Waals surface area (Å²) in [5.41, 5.74) is 3.59. The second-order valence-electron chi connectivity index (χ2n) is 8.50. The number of rotatable bonds is 9. The van der Waals surface area contributed by atoms with Crippen LogP contribution in [-0.4, -0.2) is 39.8 Å². The van der Waals surface area contributed by atoms with Gasteiger partial charge in [-0.3, -0.25) is 4.79 Å². The molecule has 1 aliphatic carbocycles. The summed E-state index contributed by atoms with van der Waals surface area (Å²) in [5.74, 6) is -0.0295. The molecule has 30 heavy (non-hydrogen) atoms. The van der Waals surface area contributed by atoms with Gasteiger partial charge < -0.3 is 15.2 Å². The minimum Gasteiger partial charge on any atom is -0.372 e. The number of carbonyl (C=O) groups is 1. The third-order valence-electron chi connectivity index (χ3n) is 6.06. The number of amides is 1. The van der Waals surface area contributed by atoms with Crippen molar-refractivity contribution in [2.24, 2.45) is 10.4 Å². The summed E-state index contributed by atoms with van der Waals surface area (Å²) < 4.78 is 4.22. The lowest BCUT2D eigenvalue weighted by atomic mass is 9.99. The van der Waals surface area contributed by atoms with Gasteiger partial charge in [0.15, 0.2) is 0 Å². The number of hydrogen-bond donors (Lipinski definition) is 2. The molecule has 0 aromatic carbocycles. The summed E-state index contributed by atoms with van der Waals surface area (Å²) in [6.45, 7) is 6.67. The Bertz CT molecular complexity index is 1030. The number of nitrogens with one attached hydrogen (secondary N) is 2. The maximum atomic E-state index is 12.5. The Morgan fingerprint density at radius 3 is 3.00 bits per heavy atom. The zero-order chi connectivity index (χ0) is 21.0. The molecule has 2 aromatic rings. The quantitative estimate of drug-likeness (QED) is 0.648. The fraction of sp³-hybridized carbons (Fsp3) is 0.522. The lowest BCUT2D eigenvalue weighted by Crippen LogP contribution is -2.41. The van der Waals surface area contributed by atoms with Gasteiger partial charge in [-0.2, -0.15) is 4.37 Å². The van der Waals surface area contributed by atoms with Crippen molar-refractivity contribution in [2.45, 2.75) is 52.4 Å². The Hall–Kier alpha value is -2.41. The highest BCUT2D eigenvalue weighted by Crippen LogP contribution is 2.50. The predicted octanol–water partition coefficient (Wildman–Crippen LogP) is 3.13. The first-order valence-electron chi connectivity index (χ1n) is 11.0. The molecule has 1 fully saturated rings. The van der Waals surface area contributed by atoms with Gasteiger partial charge in [0.1, 0.15) is 10.4 Å². The molecule has 160 valence electrons. The van der Waals surface area contributed by atoms with Crippen LogP contribution in [0.1, 0.15) is 60.8 Å². The largest absolute Gasteiger partial charge is 0.372 e. The van der Waals surface area contributed by atoms with Gasteiger partial charge in [-0.1, -0.05) is 19.4 Å². The van der Waals surface area contributed by atoms with Crippen LogP contribution in [0.4, 0.5) is 0 Å². The third kappa shape index (κ3) is 4.83. The van der Waals surface area contributed by atoms with Crippen molar-refractivity contribution in [3.05, 3.63) is 51.9 Å². The first-order chi connectivity index (χ1) is 14.6. The maximum Gasteiger partial charge on any atom is 0.263 e. The third-order valence-corrected chi connectivity index (χ3v) is 6.94. The Morgan fingerprint density at radius 1 is 1.40 bits per heavy atom. The van der Waals surface area contributed by atoms with Gasteiger partial charge >= 0.3 is 0 Å². The number of aromatic nitrogens is 2. The van der Waals surface area contributed by atoms with Gasteiger partial charge in [0, 0.05) is 42.9 Å². The number of carbonyl (C=O) groups excluding carboxylic acids is 1. The second kappa shape index (κ2) is 9.16. The van der Waals surface area contributed by atoms with Gasteiger partial charge in [-0.05, 0) is 68.1 Å². The number of fused-ring (bicyclic) bond motifs is 1. The van der Waals surface area contributed by atoms with E-state index < -0.39 is 0 Å². The lowest BCUT2D eigenvalue weighted by Gasteiger charge is -2.32. The molecule has 6 nitrogen and oxygen atoms in total. The van der Waals surface area contributed by atoms with Gasteiger partial charge in [0.05, 0.1) is 5.69 Å². The van der Waals surface area contributed by atoms with E-state index in [1.165, 1.54) is 48.1 Å². The van der Waals surface area contributed by atoms with Crippen molar-refractivity contribution >= 4 is 23.1 Å². The van der Waals surface area contributed by atoms with Crippen LogP contribution in [0.2, 0.25) is 0 Å². The van der Waals surface area contributed by atoms with Gasteiger partial charge in [-0.15, -0.1) is 0 Å². The molecule has 2 aliphatic rings. The average Bonchev–Trinajstić information content (AvgIpc) is 3.09. The van der Waals surface area contributed by atoms with Gasteiger partial charge in [0.25, 0.3) is 5.91 Å². The SMILES string of the molecule is CCCC1(CN(CCNC(=O)c2cc(C)ns2)C2=c3cc[nH]c3=NC=CCC2)CC1. The second-order valence-corrected chi connectivity index (χ2v) is 9.30. The zero-order valence-corrected chi connectivity index (χ0v) is 18.7. The molecule has 4 rings (SSSR count). The molecule has 0 spiro atoms. The summed E-state index contributed by atoms with van der Waals surface area (Å²) in [4.78, 5) is 23.5. The van der Waals surface area contributed by atoms with E-state index >= 15 is 0 Å². The smallest absolute Gasteiger partial charge is 0.263 e. The number of aryl methyl sites for hydroxylation is 1. The Morgan fingerprint density at radius 2 is 2.27 bits per heavy atom. The molecule has 7 heteroatoms. The Labute approximate surface area is 182 Å². The topological polar surface area (TPSA) is 73.4 Å². The number of allylic oxidation sites excluding steroid dienone is 1. The molecule has 0 radical (unpaired) electrons. The molecule has 3 heterocycles. The first kappa shape index (κ1) is 20.8.